The van der Waals surface area contributed by atoms with Gasteiger partial charge in [-0.2, -0.15) is 5.10 Å². The quantitative estimate of drug-likeness (QED) is 0.343. The lowest BCUT2D eigenvalue weighted by atomic mass is 10.1. The molecule has 3 aliphatic rings. The summed E-state index contributed by atoms with van der Waals surface area (Å²) in [5.74, 6) is 0.182. The van der Waals surface area contributed by atoms with Crippen LogP contribution < -0.4 is 25.0 Å². The maximum absolute atomic E-state index is 15.2. The van der Waals surface area contributed by atoms with Gasteiger partial charge in [-0.15, -0.1) is 0 Å². The highest BCUT2D eigenvalue weighted by atomic mass is 19.1. The molecule has 1 fully saturated rings. The molecule has 2 unspecified atom stereocenters. The van der Waals surface area contributed by atoms with Gasteiger partial charge in [-0.1, -0.05) is 0 Å². The smallest absolute Gasteiger partial charge is 0.415 e. The van der Waals surface area contributed by atoms with Gasteiger partial charge in [0.2, 0.25) is 0 Å². The number of aromatic nitrogens is 5. The second-order valence-corrected chi connectivity index (χ2v) is 9.75. The first kappa shape index (κ1) is 25.0. The number of anilines is 2. The average Bonchev–Trinajstić information content (AvgIpc) is 3.68. The molecule has 2 aliphatic heterocycles. The fourth-order valence-corrected chi connectivity index (χ4v) is 5.05. The summed E-state index contributed by atoms with van der Waals surface area (Å²) in [6, 6.07) is 1.77. The summed E-state index contributed by atoms with van der Waals surface area (Å²) < 4.78 is 31.5. The number of pyridine rings is 1. The van der Waals surface area contributed by atoms with Gasteiger partial charge < -0.3 is 24.8 Å². The maximum Gasteiger partial charge on any atom is 0.415 e. The molecule has 1 aliphatic carbocycles. The Morgan fingerprint density at radius 3 is 2.97 bits per heavy atom. The van der Waals surface area contributed by atoms with Gasteiger partial charge in [0.25, 0.3) is 17.7 Å². The van der Waals surface area contributed by atoms with Crippen LogP contribution in [0.4, 0.5) is 20.8 Å². The number of cyclic esters (lactones) is 1. The predicted octanol–water partition coefficient (Wildman–Crippen LogP) is 1.67. The van der Waals surface area contributed by atoms with Crippen molar-refractivity contribution in [2.75, 3.05) is 36.5 Å². The lowest BCUT2D eigenvalue weighted by Crippen LogP contribution is -2.30. The standard InChI is InChI=1S/C25H27FN8O5/c1-13-17-6-14(7-18(17)21(26)23(30-13)37-11-15-2-5-29-33-15)8-27-4-3-16-10-34(25(36)39-16)19-9-28-24-22(31-19)32-20(35)12-38-24/h2,5,9,14,16,27H,3-4,6-8,10-12H2,1H3,(H,29,33)(H,31,32,35). The van der Waals surface area contributed by atoms with Gasteiger partial charge in [-0.25, -0.2) is 24.1 Å². The molecule has 0 radical (unpaired) electrons. The van der Waals surface area contributed by atoms with E-state index >= 15 is 4.39 Å². The molecule has 204 valence electrons. The van der Waals surface area contributed by atoms with Crippen molar-refractivity contribution in [1.82, 2.24) is 30.5 Å². The number of halogens is 1. The second kappa shape index (κ2) is 10.4. The molecular weight excluding hydrogens is 511 g/mol. The normalized spacial score (nSPS) is 19.8. The summed E-state index contributed by atoms with van der Waals surface area (Å²) >= 11 is 0. The lowest BCUT2D eigenvalue weighted by molar-refractivity contribution is -0.118. The third-order valence-corrected chi connectivity index (χ3v) is 6.98. The molecular formula is C25H27FN8O5. The number of amides is 2. The largest absolute Gasteiger partial charge is 0.469 e. The number of nitrogens with one attached hydrogen (secondary N) is 3. The van der Waals surface area contributed by atoms with Crippen LogP contribution in [0, 0.1) is 18.7 Å². The molecule has 3 N–H and O–H groups in total. The first-order chi connectivity index (χ1) is 18.9. The number of rotatable bonds is 9. The highest BCUT2D eigenvalue weighted by Gasteiger charge is 2.34. The van der Waals surface area contributed by atoms with E-state index in [0.717, 1.165) is 23.4 Å². The Labute approximate surface area is 222 Å². The van der Waals surface area contributed by atoms with Gasteiger partial charge in [-0.3, -0.25) is 14.8 Å². The van der Waals surface area contributed by atoms with Gasteiger partial charge in [-0.05, 0) is 62.4 Å². The Balaban J connectivity index is 0.983. The summed E-state index contributed by atoms with van der Waals surface area (Å²) in [7, 11) is 0. The first-order valence-corrected chi connectivity index (χ1v) is 12.7. The molecule has 6 rings (SSSR count). The zero-order valence-corrected chi connectivity index (χ0v) is 21.2. The fraction of sp³-hybridized carbons (Fsp3) is 0.440. The number of aryl methyl sites for hydroxylation is 1. The molecule has 2 amide bonds. The molecule has 0 aromatic carbocycles. The average molecular weight is 539 g/mol. The molecule has 0 saturated carbocycles. The van der Waals surface area contributed by atoms with E-state index < -0.39 is 11.9 Å². The highest BCUT2D eigenvalue weighted by molar-refractivity contribution is 5.94. The molecule has 3 aromatic heterocycles. The second-order valence-electron chi connectivity index (χ2n) is 9.75. The van der Waals surface area contributed by atoms with E-state index in [2.05, 4.69) is 35.8 Å². The van der Waals surface area contributed by atoms with Crippen molar-refractivity contribution in [3.8, 4) is 11.8 Å². The fourth-order valence-electron chi connectivity index (χ4n) is 5.05. The Morgan fingerprint density at radius 1 is 1.26 bits per heavy atom. The minimum atomic E-state index is -0.521. The molecule has 0 bridgehead atoms. The summed E-state index contributed by atoms with van der Waals surface area (Å²) in [4.78, 5) is 38.1. The van der Waals surface area contributed by atoms with Gasteiger partial charge in [0.05, 0.1) is 18.4 Å². The molecule has 1 saturated heterocycles. The maximum atomic E-state index is 15.2. The predicted molar refractivity (Wildman–Crippen MR) is 134 cm³/mol. The minimum absolute atomic E-state index is 0.0144. The monoisotopic (exact) mass is 538 g/mol. The van der Waals surface area contributed by atoms with Crippen molar-refractivity contribution in [3.63, 3.8) is 0 Å². The number of fused-ring (bicyclic) bond motifs is 2. The first-order valence-electron chi connectivity index (χ1n) is 12.7. The van der Waals surface area contributed by atoms with Crippen molar-refractivity contribution in [1.29, 1.82) is 0 Å². The summed E-state index contributed by atoms with van der Waals surface area (Å²) in [6.07, 6.45) is 4.12. The van der Waals surface area contributed by atoms with Crippen LogP contribution in [0.1, 0.15) is 28.9 Å². The number of H-pyrrole nitrogens is 1. The van der Waals surface area contributed by atoms with Crippen molar-refractivity contribution < 1.29 is 28.2 Å². The number of carbonyl (C=O) groups is 2. The summed E-state index contributed by atoms with van der Waals surface area (Å²) in [5, 5.41) is 12.7. The van der Waals surface area contributed by atoms with Gasteiger partial charge in [0.15, 0.2) is 24.1 Å². The van der Waals surface area contributed by atoms with Gasteiger partial charge >= 0.3 is 6.09 Å². The van der Waals surface area contributed by atoms with Crippen molar-refractivity contribution in [2.24, 2.45) is 5.92 Å². The van der Waals surface area contributed by atoms with E-state index in [0.29, 0.717) is 38.0 Å². The lowest BCUT2D eigenvalue weighted by Gasteiger charge is -2.18. The number of ether oxygens (including phenoxy) is 3. The van der Waals surface area contributed by atoms with Crippen LogP contribution in [0.3, 0.4) is 0 Å². The SMILES string of the molecule is Cc1nc(OCc2ccn[nH]2)c(F)c2c1CC(CNCCC1CN(c3cnc4c(n3)NC(=O)CO4)C(=O)O1)C2. The van der Waals surface area contributed by atoms with Crippen molar-refractivity contribution >= 4 is 23.6 Å². The van der Waals surface area contributed by atoms with Crippen LogP contribution in [0.25, 0.3) is 0 Å². The van der Waals surface area contributed by atoms with E-state index in [-0.39, 0.29) is 54.5 Å². The highest BCUT2D eigenvalue weighted by Crippen LogP contribution is 2.34. The van der Waals surface area contributed by atoms with Crippen molar-refractivity contribution in [3.05, 3.63) is 46.8 Å². The summed E-state index contributed by atoms with van der Waals surface area (Å²) in [5.41, 5.74) is 3.14. The van der Waals surface area contributed by atoms with Crippen LogP contribution in [-0.2, 0) is 29.0 Å². The Morgan fingerprint density at radius 2 is 2.13 bits per heavy atom. The number of aromatic amines is 1. The molecule has 39 heavy (non-hydrogen) atoms. The Bertz CT molecular complexity index is 1400. The van der Waals surface area contributed by atoms with Crippen molar-refractivity contribution in [2.45, 2.75) is 38.9 Å². The molecule has 0 spiro atoms. The molecule has 14 heteroatoms. The van der Waals surface area contributed by atoms with E-state index in [1.165, 1.54) is 11.1 Å². The summed E-state index contributed by atoms with van der Waals surface area (Å²) in [6.45, 7) is 3.55. The van der Waals surface area contributed by atoms with E-state index in [1.807, 2.05) is 6.92 Å². The number of hydrogen-bond acceptors (Lipinski definition) is 10. The van der Waals surface area contributed by atoms with E-state index in [9.17, 15) is 9.59 Å². The number of nitrogens with zero attached hydrogens (tertiary/aromatic N) is 5. The topological polar surface area (TPSA) is 156 Å². The van der Waals surface area contributed by atoms with E-state index in [4.69, 9.17) is 14.2 Å². The third kappa shape index (κ3) is 5.19. The molecule has 13 nitrogen and oxygen atoms in total. The van der Waals surface area contributed by atoms with Gasteiger partial charge in [0.1, 0.15) is 12.7 Å². The number of carbonyl (C=O) groups excluding carboxylic acids is 2. The van der Waals surface area contributed by atoms with Crippen LogP contribution in [0.15, 0.2) is 18.5 Å². The zero-order valence-electron chi connectivity index (χ0n) is 21.2. The van der Waals surface area contributed by atoms with Gasteiger partial charge in [0, 0.05) is 11.9 Å². The van der Waals surface area contributed by atoms with Crippen LogP contribution >= 0.6 is 0 Å². The third-order valence-electron chi connectivity index (χ3n) is 6.98. The Kier molecular flexibility index (Phi) is 6.69. The minimum Gasteiger partial charge on any atom is -0.469 e. The van der Waals surface area contributed by atoms with Crippen LogP contribution in [0.2, 0.25) is 0 Å². The molecule has 5 heterocycles. The zero-order chi connectivity index (χ0) is 26.9. The van der Waals surface area contributed by atoms with Crippen LogP contribution in [-0.4, -0.2) is 69.5 Å². The molecule has 3 aromatic rings. The molecule has 2 atom stereocenters. The Hall–Kier alpha value is -4.33. The van der Waals surface area contributed by atoms with Crippen LogP contribution in [0.5, 0.6) is 11.8 Å². The van der Waals surface area contributed by atoms with E-state index in [1.54, 1.807) is 12.3 Å². The number of hydrogen-bond donors (Lipinski definition) is 3.